The third-order valence-electron chi connectivity index (χ3n) is 16.2. The van der Waals surface area contributed by atoms with E-state index in [4.69, 9.17) is 14.2 Å². The second-order valence-corrected chi connectivity index (χ2v) is 24.2. The number of ether oxygens (including phenoxy) is 3. The maximum atomic E-state index is 12.9. The van der Waals surface area contributed by atoms with Crippen molar-refractivity contribution in [2.24, 2.45) is 0 Å². The van der Waals surface area contributed by atoms with E-state index >= 15 is 0 Å². The van der Waals surface area contributed by atoms with Gasteiger partial charge in [0.1, 0.15) is 13.2 Å². The smallest absolute Gasteiger partial charge is 0.306 e. The fourth-order valence-corrected chi connectivity index (χ4v) is 10.9. The van der Waals surface area contributed by atoms with Crippen molar-refractivity contribution in [2.75, 3.05) is 13.2 Å². The average Bonchev–Trinajstić information content (AvgIpc) is 3.44. The van der Waals surface area contributed by atoms with Gasteiger partial charge in [0, 0.05) is 19.3 Å². The quantitative estimate of drug-likeness (QED) is 0.0261. The average molecular weight is 1100 g/mol. The van der Waals surface area contributed by atoms with Crippen LogP contribution in [0.2, 0.25) is 0 Å². The van der Waals surface area contributed by atoms with Crippen molar-refractivity contribution in [3.05, 3.63) is 24.3 Å². The number of carbonyl (C=O) groups excluding carboxylic acids is 3. The van der Waals surface area contributed by atoms with Crippen molar-refractivity contribution >= 4 is 17.9 Å². The molecule has 0 bridgehead atoms. The zero-order valence-corrected chi connectivity index (χ0v) is 53.0. The molecule has 0 rings (SSSR count). The van der Waals surface area contributed by atoms with Crippen molar-refractivity contribution in [3.8, 4) is 0 Å². The van der Waals surface area contributed by atoms with Crippen LogP contribution in [-0.4, -0.2) is 37.2 Å². The molecule has 0 aliphatic rings. The summed E-state index contributed by atoms with van der Waals surface area (Å²) in [7, 11) is 0. The van der Waals surface area contributed by atoms with Crippen molar-refractivity contribution < 1.29 is 28.6 Å². The van der Waals surface area contributed by atoms with Gasteiger partial charge in [0.2, 0.25) is 0 Å². The van der Waals surface area contributed by atoms with Gasteiger partial charge in [0.05, 0.1) is 0 Å². The Morgan fingerprint density at radius 3 is 0.705 bits per heavy atom. The van der Waals surface area contributed by atoms with E-state index in [1.54, 1.807) is 0 Å². The van der Waals surface area contributed by atoms with Crippen LogP contribution < -0.4 is 0 Å². The van der Waals surface area contributed by atoms with Crippen LogP contribution in [0.25, 0.3) is 0 Å². The highest BCUT2D eigenvalue weighted by Gasteiger charge is 2.19. The lowest BCUT2D eigenvalue weighted by molar-refractivity contribution is -0.167. The number of carbonyl (C=O) groups is 3. The molecule has 0 aromatic heterocycles. The first-order valence-corrected chi connectivity index (χ1v) is 35.3. The van der Waals surface area contributed by atoms with E-state index in [0.29, 0.717) is 19.3 Å². The molecule has 0 radical (unpaired) electrons. The largest absolute Gasteiger partial charge is 0.462 e. The maximum absolute atomic E-state index is 12.9. The van der Waals surface area contributed by atoms with E-state index < -0.39 is 6.10 Å². The van der Waals surface area contributed by atoms with Gasteiger partial charge < -0.3 is 14.2 Å². The lowest BCUT2D eigenvalue weighted by Crippen LogP contribution is -2.30. The Morgan fingerprint density at radius 1 is 0.256 bits per heavy atom. The first kappa shape index (κ1) is 75.9. The molecule has 0 heterocycles. The van der Waals surface area contributed by atoms with Crippen molar-refractivity contribution in [3.63, 3.8) is 0 Å². The van der Waals surface area contributed by atoms with Crippen LogP contribution in [-0.2, 0) is 28.6 Å². The van der Waals surface area contributed by atoms with Crippen molar-refractivity contribution in [2.45, 2.75) is 406 Å². The Hall–Kier alpha value is -2.11. The molecule has 6 heteroatoms. The number of unbranched alkanes of at least 4 members (excludes halogenated alkanes) is 51. The summed E-state index contributed by atoms with van der Waals surface area (Å²) in [6.45, 7) is 6.66. The topological polar surface area (TPSA) is 78.9 Å². The van der Waals surface area contributed by atoms with Crippen LogP contribution in [0, 0.1) is 0 Å². The van der Waals surface area contributed by atoms with Gasteiger partial charge >= 0.3 is 17.9 Å². The van der Waals surface area contributed by atoms with E-state index in [1.807, 2.05) is 0 Å². The van der Waals surface area contributed by atoms with Crippen LogP contribution in [0.15, 0.2) is 24.3 Å². The van der Waals surface area contributed by atoms with Gasteiger partial charge in [-0.15, -0.1) is 0 Å². The van der Waals surface area contributed by atoms with E-state index in [9.17, 15) is 14.4 Å². The number of allylic oxidation sites excluding steroid dienone is 4. The normalized spacial score (nSPS) is 12.1. The zero-order chi connectivity index (χ0) is 56.4. The fraction of sp³-hybridized carbons (Fsp3) is 0.903. The monoisotopic (exact) mass is 1100 g/mol. The molecule has 0 fully saturated rings. The third-order valence-corrected chi connectivity index (χ3v) is 16.2. The van der Waals surface area contributed by atoms with Crippen LogP contribution in [0.1, 0.15) is 400 Å². The predicted molar refractivity (Wildman–Crippen MR) is 340 cm³/mol. The molecule has 6 nitrogen and oxygen atoms in total. The molecule has 78 heavy (non-hydrogen) atoms. The molecular formula is C72H136O6. The Labute approximate surface area is 487 Å². The third kappa shape index (κ3) is 64.7. The molecule has 1 atom stereocenters. The minimum atomic E-state index is -0.763. The Bertz CT molecular complexity index is 1260. The van der Waals surface area contributed by atoms with E-state index in [0.717, 1.165) is 64.2 Å². The summed E-state index contributed by atoms with van der Waals surface area (Å²) < 4.78 is 16.9. The number of hydrogen-bond donors (Lipinski definition) is 0. The first-order chi connectivity index (χ1) is 38.5. The summed E-state index contributed by atoms with van der Waals surface area (Å²) in [5.74, 6) is -0.840. The maximum Gasteiger partial charge on any atom is 0.306 e. The molecular weight excluding hydrogens is 961 g/mol. The van der Waals surface area contributed by atoms with E-state index in [2.05, 4.69) is 45.1 Å². The summed E-state index contributed by atoms with van der Waals surface area (Å²) in [6.07, 6.45) is 82.5. The molecule has 0 saturated carbocycles. The van der Waals surface area contributed by atoms with Gasteiger partial charge in [0.15, 0.2) is 6.10 Å². The number of esters is 3. The van der Waals surface area contributed by atoms with E-state index in [1.165, 1.54) is 295 Å². The fourth-order valence-electron chi connectivity index (χ4n) is 10.9. The highest BCUT2D eigenvalue weighted by atomic mass is 16.6. The van der Waals surface area contributed by atoms with Crippen LogP contribution in [0.4, 0.5) is 0 Å². The second-order valence-electron chi connectivity index (χ2n) is 24.2. The minimum Gasteiger partial charge on any atom is -0.462 e. The molecule has 0 aromatic rings. The van der Waals surface area contributed by atoms with Crippen molar-refractivity contribution in [1.82, 2.24) is 0 Å². The molecule has 1 unspecified atom stereocenters. The second kappa shape index (κ2) is 67.4. The lowest BCUT2D eigenvalue weighted by atomic mass is 10.0. The molecule has 0 amide bonds. The molecule has 0 aliphatic heterocycles. The molecule has 460 valence electrons. The highest BCUT2D eigenvalue weighted by molar-refractivity contribution is 5.71. The van der Waals surface area contributed by atoms with E-state index in [-0.39, 0.29) is 31.1 Å². The lowest BCUT2D eigenvalue weighted by Gasteiger charge is -2.18. The Kier molecular flexibility index (Phi) is 65.6. The summed E-state index contributed by atoms with van der Waals surface area (Å²) in [5, 5.41) is 0. The standard InChI is InChI=1S/C72H136O6/c1-4-7-10-13-16-18-20-22-24-26-28-29-30-31-32-33-34-35-36-37-38-39-40-41-42-43-44-46-47-49-51-53-56-59-62-65-71(74)77-68-69(67-76-70(73)64-61-58-55-15-12-9-6-3)78-72(75)66-63-60-57-54-52-50-48-45-27-25-23-21-19-17-14-11-8-5-2/h20,22,26,28,69H,4-19,21,23-25,27,29-68H2,1-3H3/b22-20-,28-26-. The molecule has 0 saturated heterocycles. The SMILES string of the molecule is CCCCCCC/C=C\C/C=C\CCCCCCCCCCCCCCCCCCCCCCCCCC(=O)OCC(COC(=O)CCCCCCCCC)OC(=O)CCCCCCCCCCCCCCCCCCCC. The van der Waals surface area contributed by atoms with Crippen LogP contribution in [0.5, 0.6) is 0 Å². The molecule has 0 aliphatic carbocycles. The van der Waals surface area contributed by atoms with Crippen LogP contribution >= 0.6 is 0 Å². The van der Waals surface area contributed by atoms with Gasteiger partial charge in [-0.1, -0.05) is 353 Å². The predicted octanol–water partition coefficient (Wildman–Crippen LogP) is 24.2. The molecule has 0 spiro atoms. The highest BCUT2D eigenvalue weighted by Crippen LogP contribution is 2.19. The summed E-state index contributed by atoms with van der Waals surface area (Å²) in [4.78, 5) is 38.1. The van der Waals surface area contributed by atoms with Gasteiger partial charge in [-0.2, -0.15) is 0 Å². The van der Waals surface area contributed by atoms with Crippen LogP contribution in [0.3, 0.4) is 0 Å². The number of rotatable bonds is 66. The first-order valence-electron chi connectivity index (χ1n) is 35.3. The zero-order valence-electron chi connectivity index (χ0n) is 53.0. The van der Waals surface area contributed by atoms with Crippen molar-refractivity contribution in [1.29, 1.82) is 0 Å². The van der Waals surface area contributed by atoms with Gasteiger partial charge in [0.25, 0.3) is 0 Å². The minimum absolute atomic E-state index is 0.0635. The van der Waals surface area contributed by atoms with Gasteiger partial charge in [-0.3, -0.25) is 14.4 Å². The summed E-state index contributed by atoms with van der Waals surface area (Å²) in [6, 6.07) is 0. The molecule has 0 aromatic carbocycles. The molecule has 0 N–H and O–H groups in total. The van der Waals surface area contributed by atoms with Gasteiger partial charge in [-0.25, -0.2) is 0 Å². The summed E-state index contributed by atoms with van der Waals surface area (Å²) >= 11 is 0. The summed E-state index contributed by atoms with van der Waals surface area (Å²) in [5.41, 5.74) is 0. The Balaban J connectivity index is 3.92. The Morgan fingerprint density at radius 2 is 0.462 bits per heavy atom. The number of hydrogen-bond acceptors (Lipinski definition) is 6. The van der Waals surface area contributed by atoms with Gasteiger partial charge in [-0.05, 0) is 51.4 Å².